The average Bonchev–Trinajstić information content (AvgIpc) is 2.69. The molecular formula is C25H33Cl2N3O4S. The van der Waals surface area contributed by atoms with Crippen molar-refractivity contribution in [3.05, 3.63) is 63.1 Å². The molecule has 0 spiro atoms. The van der Waals surface area contributed by atoms with Crippen molar-refractivity contribution in [1.29, 1.82) is 0 Å². The van der Waals surface area contributed by atoms with Crippen LogP contribution >= 0.6 is 23.2 Å². The van der Waals surface area contributed by atoms with Crippen LogP contribution in [-0.2, 0) is 26.2 Å². The Hall–Kier alpha value is -2.29. The Labute approximate surface area is 218 Å². The minimum Gasteiger partial charge on any atom is -0.350 e. The van der Waals surface area contributed by atoms with Crippen LogP contribution in [0.15, 0.2) is 36.4 Å². The number of hydrogen-bond acceptors (Lipinski definition) is 4. The molecule has 0 radical (unpaired) electrons. The molecular weight excluding hydrogens is 509 g/mol. The van der Waals surface area contributed by atoms with E-state index in [-0.39, 0.29) is 12.5 Å². The number of amides is 2. The standard InChI is InChI=1S/C25H33Cl2N3O4S/c1-16-11-12-22(17(2)13-16)30(35(7,33)34)15-23(31)29(18(3)24(32)28-25(4,5)6)14-19-20(26)9-8-10-21(19)27/h8-13,18H,14-15H2,1-7H3,(H,28,32)/t18-/m0/s1. The van der Waals surface area contributed by atoms with Crippen molar-refractivity contribution in [3.63, 3.8) is 0 Å². The van der Waals surface area contributed by atoms with E-state index in [0.29, 0.717) is 26.9 Å². The second kappa shape index (κ2) is 11.2. The van der Waals surface area contributed by atoms with Crippen LogP contribution in [0.25, 0.3) is 0 Å². The second-order valence-electron chi connectivity index (χ2n) is 9.70. The molecule has 0 aliphatic rings. The van der Waals surface area contributed by atoms with Gasteiger partial charge in [-0.2, -0.15) is 0 Å². The highest BCUT2D eigenvalue weighted by atomic mass is 35.5. The van der Waals surface area contributed by atoms with Crippen molar-refractivity contribution in [2.75, 3.05) is 17.1 Å². The lowest BCUT2D eigenvalue weighted by Crippen LogP contribution is -2.54. The van der Waals surface area contributed by atoms with Gasteiger partial charge in [0.25, 0.3) is 0 Å². The molecule has 0 aromatic heterocycles. The van der Waals surface area contributed by atoms with E-state index in [1.807, 2.05) is 33.8 Å². The highest BCUT2D eigenvalue weighted by Gasteiger charge is 2.32. The third kappa shape index (κ3) is 7.85. The fourth-order valence-corrected chi connectivity index (χ4v) is 5.01. The lowest BCUT2D eigenvalue weighted by Gasteiger charge is -2.33. The van der Waals surface area contributed by atoms with Crippen molar-refractivity contribution >= 4 is 50.7 Å². The van der Waals surface area contributed by atoms with Gasteiger partial charge in [0, 0.05) is 27.7 Å². The van der Waals surface area contributed by atoms with Crippen LogP contribution < -0.4 is 9.62 Å². The summed E-state index contributed by atoms with van der Waals surface area (Å²) >= 11 is 12.7. The molecule has 2 aromatic rings. The van der Waals surface area contributed by atoms with Gasteiger partial charge in [0.2, 0.25) is 21.8 Å². The van der Waals surface area contributed by atoms with Crippen LogP contribution in [0.2, 0.25) is 10.0 Å². The van der Waals surface area contributed by atoms with Crippen molar-refractivity contribution < 1.29 is 18.0 Å². The van der Waals surface area contributed by atoms with Gasteiger partial charge in [-0.1, -0.05) is 47.0 Å². The third-order valence-electron chi connectivity index (χ3n) is 5.36. The van der Waals surface area contributed by atoms with E-state index in [1.165, 1.54) is 4.90 Å². The molecule has 0 fully saturated rings. The maximum absolute atomic E-state index is 13.6. The normalized spacial score (nSPS) is 12.7. The Bertz CT molecular complexity index is 1190. The molecule has 0 heterocycles. The van der Waals surface area contributed by atoms with E-state index in [4.69, 9.17) is 23.2 Å². The zero-order valence-electron chi connectivity index (χ0n) is 21.1. The number of nitrogens with zero attached hydrogens (tertiary/aromatic N) is 2. The number of halogens is 2. The number of hydrogen-bond donors (Lipinski definition) is 1. The zero-order chi connectivity index (χ0) is 26.7. The highest BCUT2D eigenvalue weighted by Crippen LogP contribution is 2.28. The van der Waals surface area contributed by atoms with Gasteiger partial charge >= 0.3 is 0 Å². The van der Waals surface area contributed by atoms with Crippen molar-refractivity contribution in [2.45, 2.75) is 59.7 Å². The van der Waals surface area contributed by atoms with Gasteiger partial charge in [0.15, 0.2) is 0 Å². The molecule has 0 saturated carbocycles. The summed E-state index contributed by atoms with van der Waals surface area (Å²) in [6, 6.07) is 9.35. The lowest BCUT2D eigenvalue weighted by atomic mass is 10.1. The molecule has 0 unspecified atom stereocenters. The average molecular weight is 543 g/mol. The number of benzene rings is 2. The Morgan fingerprint density at radius 1 is 1.06 bits per heavy atom. The van der Waals surface area contributed by atoms with Crippen LogP contribution in [0.1, 0.15) is 44.4 Å². The number of sulfonamides is 1. The van der Waals surface area contributed by atoms with E-state index < -0.39 is 34.1 Å². The molecule has 0 aliphatic heterocycles. The monoisotopic (exact) mass is 541 g/mol. The predicted molar refractivity (Wildman–Crippen MR) is 142 cm³/mol. The minimum absolute atomic E-state index is 0.0689. The molecule has 0 aliphatic carbocycles. The first-order chi connectivity index (χ1) is 16.0. The van der Waals surface area contributed by atoms with Crippen molar-refractivity contribution in [3.8, 4) is 0 Å². The summed E-state index contributed by atoms with van der Waals surface area (Å²) < 4.78 is 26.5. The topological polar surface area (TPSA) is 86.8 Å². The summed E-state index contributed by atoms with van der Waals surface area (Å²) in [6.07, 6.45) is 1.05. The van der Waals surface area contributed by atoms with Gasteiger partial charge in [0.1, 0.15) is 12.6 Å². The molecule has 2 amide bonds. The van der Waals surface area contributed by atoms with Crippen LogP contribution in [0.4, 0.5) is 5.69 Å². The van der Waals surface area contributed by atoms with Gasteiger partial charge in [-0.05, 0) is 65.3 Å². The Balaban J connectivity index is 2.50. The van der Waals surface area contributed by atoms with Gasteiger partial charge in [-0.15, -0.1) is 0 Å². The first-order valence-electron chi connectivity index (χ1n) is 11.1. The molecule has 35 heavy (non-hydrogen) atoms. The first-order valence-corrected chi connectivity index (χ1v) is 13.7. The molecule has 1 N–H and O–H groups in total. The Morgan fingerprint density at radius 3 is 2.11 bits per heavy atom. The summed E-state index contributed by atoms with van der Waals surface area (Å²) in [4.78, 5) is 28.0. The van der Waals surface area contributed by atoms with Gasteiger partial charge < -0.3 is 10.2 Å². The highest BCUT2D eigenvalue weighted by molar-refractivity contribution is 7.92. The summed E-state index contributed by atoms with van der Waals surface area (Å²) in [5, 5.41) is 3.55. The van der Waals surface area contributed by atoms with E-state index in [1.54, 1.807) is 44.2 Å². The molecule has 192 valence electrons. The van der Waals surface area contributed by atoms with Crippen LogP contribution in [0.5, 0.6) is 0 Å². The lowest BCUT2D eigenvalue weighted by molar-refractivity contribution is -0.140. The number of carbonyl (C=O) groups excluding carboxylic acids is 2. The summed E-state index contributed by atoms with van der Waals surface area (Å²) in [7, 11) is -3.81. The Morgan fingerprint density at radius 2 is 1.63 bits per heavy atom. The van der Waals surface area contributed by atoms with Gasteiger partial charge in [0.05, 0.1) is 11.9 Å². The van der Waals surface area contributed by atoms with E-state index in [2.05, 4.69) is 5.32 Å². The maximum Gasteiger partial charge on any atom is 0.244 e. The largest absolute Gasteiger partial charge is 0.350 e. The molecule has 0 saturated heterocycles. The quantitative estimate of drug-likeness (QED) is 0.524. The fourth-order valence-electron chi connectivity index (χ4n) is 3.59. The number of rotatable bonds is 8. The fraction of sp³-hybridized carbons (Fsp3) is 0.440. The van der Waals surface area contributed by atoms with E-state index in [0.717, 1.165) is 16.1 Å². The van der Waals surface area contributed by atoms with Gasteiger partial charge in [-0.3, -0.25) is 13.9 Å². The second-order valence-corrected chi connectivity index (χ2v) is 12.4. The van der Waals surface area contributed by atoms with Crippen LogP contribution in [0, 0.1) is 13.8 Å². The SMILES string of the molecule is Cc1ccc(N(CC(=O)N(Cc2c(Cl)cccc2Cl)[C@@H](C)C(=O)NC(C)(C)C)S(C)(=O)=O)c(C)c1. The van der Waals surface area contributed by atoms with Crippen LogP contribution in [0.3, 0.4) is 0 Å². The molecule has 0 bridgehead atoms. The van der Waals surface area contributed by atoms with Crippen LogP contribution in [-0.4, -0.2) is 49.5 Å². The van der Waals surface area contributed by atoms with Crippen molar-refractivity contribution in [2.24, 2.45) is 0 Å². The molecule has 2 rings (SSSR count). The van der Waals surface area contributed by atoms with Gasteiger partial charge in [-0.25, -0.2) is 8.42 Å². The molecule has 10 heteroatoms. The summed E-state index contributed by atoms with van der Waals surface area (Å²) in [5.41, 5.74) is 2.02. The molecule has 7 nitrogen and oxygen atoms in total. The first kappa shape index (κ1) is 28.9. The number of nitrogens with one attached hydrogen (secondary N) is 1. The van der Waals surface area contributed by atoms with Crippen molar-refractivity contribution in [1.82, 2.24) is 10.2 Å². The zero-order valence-corrected chi connectivity index (χ0v) is 23.5. The summed E-state index contributed by atoms with van der Waals surface area (Å²) in [6.45, 7) is 10.2. The smallest absolute Gasteiger partial charge is 0.244 e. The number of carbonyl (C=O) groups is 2. The minimum atomic E-state index is -3.81. The number of anilines is 1. The summed E-state index contributed by atoms with van der Waals surface area (Å²) in [5.74, 6) is -0.950. The third-order valence-corrected chi connectivity index (χ3v) is 7.19. The maximum atomic E-state index is 13.6. The predicted octanol–water partition coefficient (Wildman–Crippen LogP) is 4.71. The Kier molecular flexibility index (Phi) is 9.25. The van der Waals surface area contributed by atoms with E-state index in [9.17, 15) is 18.0 Å². The number of aryl methyl sites for hydroxylation is 2. The van der Waals surface area contributed by atoms with E-state index >= 15 is 0 Å². The molecule has 2 aromatic carbocycles. The molecule has 1 atom stereocenters.